The summed E-state index contributed by atoms with van der Waals surface area (Å²) >= 11 is 3.50. The molecule has 4 aromatic carbocycles. The molecule has 0 saturated heterocycles. The Kier molecular flexibility index (Phi) is 7.42. The van der Waals surface area contributed by atoms with Crippen molar-refractivity contribution in [2.45, 2.75) is 0 Å². The fraction of sp³-hybridized carbons (Fsp3) is 0.133. The first-order valence-corrected chi connectivity index (χ1v) is 12.6. The summed E-state index contributed by atoms with van der Waals surface area (Å²) < 4.78 is 33.7. The summed E-state index contributed by atoms with van der Waals surface area (Å²) in [5.41, 5.74) is 1.68. The number of fused-ring (bicyclic) bond motifs is 3. The van der Waals surface area contributed by atoms with Crippen molar-refractivity contribution < 1.29 is 32.9 Å². The molecule has 8 nitrogen and oxygen atoms in total. The molecule has 0 unspecified atom stereocenters. The highest BCUT2D eigenvalue weighted by atomic mass is 79.9. The molecule has 1 aromatic heterocycles. The fourth-order valence-electron chi connectivity index (χ4n) is 4.32. The molecule has 0 spiro atoms. The zero-order valence-corrected chi connectivity index (χ0v) is 22.9. The van der Waals surface area contributed by atoms with Crippen LogP contribution in [0.1, 0.15) is 0 Å². The molecule has 0 aliphatic heterocycles. The van der Waals surface area contributed by atoms with Crippen LogP contribution in [0, 0.1) is 0 Å². The highest BCUT2D eigenvalue weighted by molar-refractivity contribution is 9.10. The van der Waals surface area contributed by atoms with Gasteiger partial charge in [0, 0.05) is 16.8 Å². The number of benzene rings is 4. The Hall–Kier alpha value is -4.50. The predicted molar refractivity (Wildman–Crippen MR) is 150 cm³/mol. The number of esters is 1. The molecule has 1 heterocycles. The van der Waals surface area contributed by atoms with E-state index in [1.165, 1.54) is 33.5 Å². The minimum Gasteiger partial charge on any atom is -0.493 e. The van der Waals surface area contributed by atoms with Crippen molar-refractivity contribution in [3.63, 3.8) is 0 Å². The topological polar surface area (TPSA) is 93.4 Å². The third-order valence-electron chi connectivity index (χ3n) is 6.09. The van der Waals surface area contributed by atoms with Crippen molar-refractivity contribution in [1.82, 2.24) is 0 Å². The van der Waals surface area contributed by atoms with Crippen LogP contribution >= 0.6 is 15.9 Å². The summed E-state index contributed by atoms with van der Waals surface area (Å²) in [6, 6.07) is 21.8. The van der Waals surface area contributed by atoms with Gasteiger partial charge in [0.2, 0.25) is 5.75 Å². The van der Waals surface area contributed by atoms with Crippen molar-refractivity contribution in [3.05, 3.63) is 87.7 Å². The summed E-state index contributed by atoms with van der Waals surface area (Å²) in [5, 5.41) is 1.33. The Morgan fingerprint density at radius 3 is 2.26 bits per heavy atom. The maximum absolute atomic E-state index is 12.8. The van der Waals surface area contributed by atoms with Crippen LogP contribution in [0.2, 0.25) is 0 Å². The normalized spacial score (nSPS) is 10.9. The van der Waals surface area contributed by atoms with Crippen LogP contribution in [0.4, 0.5) is 0 Å². The molecular formula is C30H23BrO8. The summed E-state index contributed by atoms with van der Waals surface area (Å²) in [5.74, 6) is 1.07. The SMILES string of the molecule is COc1cc2c(=O)oc3cc(OC(=O)COc4ccc(-c5ccccc5)cc4Br)ccc3c2c(OC)c1OC. The molecule has 0 N–H and O–H groups in total. The molecule has 0 amide bonds. The lowest BCUT2D eigenvalue weighted by molar-refractivity contribution is -0.136. The van der Waals surface area contributed by atoms with Crippen LogP contribution in [0.25, 0.3) is 32.9 Å². The van der Waals surface area contributed by atoms with E-state index in [2.05, 4.69) is 15.9 Å². The Bertz CT molecular complexity index is 1740. The third kappa shape index (κ3) is 5.13. The van der Waals surface area contributed by atoms with Gasteiger partial charge in [-0.05, 0) is 57.4 Å². The zero-order chi connectivity index (χ0) is 27.5. The van der Waals surface area contributed by atoms with Crippen molar-refractivity contribution >= 4 is 43.6 Å². The predicted octanol–water partition coefficient (Wildman–Crippen LogP) is 6.39. The second-order valence-corrected chi connectivity index (χ2v) is 9.24. The number of carbonyl (C=O) groups is 1. The molecule has 0 radical (unpaired) electrons. The van der Waals surface area contributed by atoms with Crippen molar-refractivity contribution in [2.24, 2.45) is 0 Å². The van der Waals surface area contributed by atoms with Gasteiger partial charge in [0.25, 0.3) is 0 Å². The standard InChI is InChI=1S/C30H23BrO8/c1-34-25-15-21-27(29(36-3)28(25)35-2)20-11-10-19(14-24(20)39-30(21)33)38-26(32)16-37-23-12-9-18(13-22(23)31)17-7-5-4-6-8-17/h4-15H,16H2,1-3H3. The summed E-state index contributed by atoms with van der Waals surface area (Å²) in [6.45, 7) is -0.326. The van der Waals surface area contributed by atoms with E-state index in [1.807, 2.05) is 42.5 Å². The van der Waals surface area contributed by atoms with Crippen LogP contribution in [-0.2, 0) is 4.79 Å². The van der Waals surface area contributed by atoms with E-state index >= 15 is 0 Å². The van der Waals surface area contributed by atoms with E-state index in [9.17, 15) is 9.59 Å². The van der Waals surface area contributed by atoms with Gasteiger partial charge < -0.3 is 28.1 Å². The van der Waals surface area contributed by atoms with E-state index in [0.717, 1.165) is 11.1 Å². The van der Waals surface area contributed by atoms with E-state index < -0.39 is 11.6 Å². The maximum Gasteiger partial charge on any atom is 0.349 e. The van der Waals surface area contributed by atoms with Gasteiger partial charge in [-0.3, -0.25) is 0 Å². The number of methoxy groups -OCH3 is 3. The molecule has 0 aliphatic rings. The van der Waals surface area contributed by atoms with Crippen LogP contribution in [0.5, 0.6) is 28.7 Å². The lowest BCUT2D eigenvalue weighted by Gasteiger charge is -2.15. The first kappa shape index (κ1) is 26.1. The largest absolute Gasteiger partial charge is 0.493 e. The molecule has 0 saturated carbocycles. The number of hydrogen-bond acceptors (Lipinski definition) is 8. The molecule has 0 atom stereocenters. The van der Waals surface area contributed by atoms with Crippen LogP contribution in [0.15, 0.2) is 86.5 Å². The van der Waals surface area contributed by atoms with Gasteiger partial charge >= 0.3 is 11.6 Å². The molecule has 198 valence electrons. The molecular weight excluding hydrogens is 568 g/mol. The average molecular weight is 591 g/mol. The van der Waals surface area contributed by atoms with Gasteiger partial charge in [-0.15, -0.1) is 0 Å². The Morgan fingerprint density at radius 1 is 0.795 bits per heavy atom. The average Bonchev–Trinajstić information content (AvgIpc) is 2.95. The molecule has 5 aromatic rings. The van der Waals surface area contributed by atoms with Gasteiger partial charge in [0.05, 0.1) is 31.2 Å². The molecule has 39 heavy (non-hydrogen) atoms. The van der Waals surface area contributed by atoms with Crippen molar-refractivity contribution in [1.29, 1.82) is 0 Å². The Morgan fingerprint density at radius 2 is 1.56 bits per heavy atom. The monoisotopic (exact) mass is 590 g/mol. The van der Waals surface area contributed by atoms with E-state index in [-0.39, 0.29) is 23.3 Å². The lowest BCUT2D eigenvalue weighted by atomic mass is 10.0. The minimum absolute atomic E-state index is 0.191. The summed E-state index contributed by atoms with van der Waals surface area (Å²) in [7, 11) is 4.42. The lowest BCUT2D eigenvalue weighted by Crippen LogP contribution is -2.17. The number of carbonyl (C=O) groups excluding carboxylic acids is 1. The Labute approximate surface area is 231 Å². The van der Waals surface area contributed by atoms with Crippen LogP contribution < -0.4 is 29.3 Å². The minimum atomic E-state index is -0.625. The van der Waals surface area contributed by atoms with Crippen molar-refractivity contribution in [2.75, 3.05) is 27.9 Å². The molecule has 0 aliphatic carbocycles. The Balaban J connectivity index is 1.37. The molecule has 9 heteroatoms. The second kappa shape index (κ2) is 11.1. The van der Waals surface area contributed by atoms with E-state index in [4.69, 9.17) is 28.1 Å². The smallest absolute Gasteiger partial charge is 0.349 e. The third-order valence-corrected chi connectivity index (χ3v) is 6.71. The highest BCUT2D eigenvalue weighted by Crippen LogP contribution is 2.45. The van der Waals surface area contributed by atoms with Gasteiger partial charge in [0.1, 0.15) is 17.1 Å². The van der Waals surface area contributed by atoms with Gasteiger partial charge in [0.15, 0.2) is 18.1 Å². The van der Waals surface area contributed by atoms with Crippen LogP contribution in [-0.4, -0.2) is 33.9 Å². The van der Waals surface area contributed by atoms with Crippen LogP contribution in [0.3, 0.4) is 0 Å². The first-order chi connectivity index (χ1) is 18.9. The first-order valence-electron chi connectivity index (χ1n) is 11.8. The maximum atomic E-state index is 12.8. The molecule has 5 rings (SSSR count). The second-order valence-electron chi connectivity index (χ2n) is 8.39. The zero-order valence-electron chi connectivity index (χ0n) is 21.3. The molecule has 0 fully saturated rings. The number of halogens is 1. The number of ether oxygens (including phenoxy) is 5. The van der Waals surface area contributed by atoms with E-state index in [0.29, 0.717) is 38.2 Å². The van der Waals surface area contributed by atoms with Gasteiger partial charge in [-0.25, -0.2) is 9.59 Å². The highest BCUT2D eigenvalue weighted by Gasteiger charge is 2.21. The summed E-state index contributed by atoms with van der Waals surface area (Å²) in [6.07, 6.45) is 0. The van der Waals surface area contributed by atoms with E-state index in [1.54, 1.807) is 18.2 Å². The fourth-order valence-corrected chi connectivity index (χ4v) is 4.82. The van der Waals surface area contributed by atoms with Gasteiger partial charge in [-0.1, -0.05) is 36.4 Å². The summed E-state index contributed by atoms with van der Waals surface area (Å²) in [4.78, 5) is 25.4. The number of rotatable bonds is 8. The van der Waals surface area contributed by atoms with Crippen molar-refractivity contribution in [3.8, 4) is 39.9 Å². The van der Waals surface area contributed by atoms with Gasteiger partial charge in [-0.2, -0.15) is 0 Å². The quantitative estimate of drug-likeness (QED) is 0.0888. The number of hydrogen-bond donors (Lipinski definition) is 0. The molecule has 0 bridgehead atoms.